The molecule has 0 amide bonds. The summed E-state index contributed by atoms with van der Waals surface area (Å²) in [6, 6.07) is 0. The summed E-state index contributed by atoms with van der Waals surface area (Å²) in [5.74, 6) is 0.175. The average Bonchev–Trinajstić information content (AvgIpc) is 2.37. The summed E-state index contributed by atoms with van der Waals surface area (Å²) in [5.41, 5.74) is 0. The third kappa shape index (κ3) is 14.0. The Morgan fingerprint density at radius 3 is 2.47 bits per heavy atom. The summed E-state index contributed by atoms with van der Waals surface area (Å²) in [6.45, 7) is 5.85. The maximum Gasteiger partial charge on any atom is 0.211 e. The van der Waals surface area contributed by atoms with Crippen LogP contribution in [0.1, 0.15) is 26.2 Å². The van der Waals surface area contributed by atoms with Gasteiger partial charge in [0.1, 0.15) is 0 Å². The molecular formula is C12H28N2O4S. The molecule has 0 aliphatic carbocycles. The van der Waals surface area contributed by atoms with E-state index in [4.69, 9.17) is 9.47 Å². The predicted molar refractivity (Wildman–Crippen MR) is 76.9 cm³/mol. The second kappa shape index (κ2) is 12.8. The van der Waals surface area contributed by atoms with Crippen molar-refractivity contribution >= 4 is 10.0 Å². The minimum absolute atomic E-state index is 0.175. The molecule has 0 atom stereocenters. The van der Waals surface area contributed by atoms with Crippen LogP contribution >= 0.6 is 0 Å². The van der Waals surface area contributed by atoms with Crippen LogP contribution in [0.2, 0.25) is 0 Å². The first-order valence-electron chi connectivity index (χ1n) is 6.87. The van der Waals surface area contributed by atoms with Gasteiger partial charge in [0.05, 0.1) is 19.0 Å². The van der Waals surface area contributed by atoms with Gasteiger partial charge in [0.2, 0.25) is 10.0 Å². The standard InChI is InChI=1S/C12H28N2O4S/c1-3-6-13-7-5-12-19(15,16)14-8-4-9-18-11-10-17-2/h13-14H,3-12H2,1-2H3. The zero-order valence-electron chi connectivity index (χ0n) is 12.1. The fraction of sp³-hybridized carbons (Fsp3) is 1.00. The van der Waals surface area contributed by atoms with Gasteiger partial charge in [0, 0.05) is 20.3 Å². The van der Waals surface area contributed by atoms with Crippen molar-refractivity contribution in [2.45, 2.75) is 26.2 Å². The lowest BCUT2D eigenvalue weighted by atomic mass is 10.4. The van der Waals surface area contributed by atoms with Crippen LogP contribution in [-0.2, 0) is 19.5 Å². The number of sulfonamides is 1. The topological polar surface area (TPSA) is 76.7 Å². The average molecular weight is 296 g/mol. The van der Waals surface area contributed by atoms with Crippen LogP contribution in [0, 0.1) is 0 Å². The Balaban J connectivity index is 3.41. The summed E-state index contributed by atoms with van der Waals surface area (Å²) >= 11 is 0. The third-order valence-electron chi connectivity index (χ3n) is 2.41. The maximum atomic E-state index is 11.6. The molecule has 0 heterocycles. The zero-order chi connectivity index (χ0) is 14.4. The Morgan fingerprint density at radius 1 is 1.00 bits per heavy atom. The number of rotatable bonds is 14. The second-order valence-corrected chi connectivity index (χ2v) is 6.20. The Morgan fingerprint density at radius 2 is 1.79 bits per heavy atom. The molecule has 0 aromatic carbocycles. The van der Waals surface area contributed by atoms with Gasteiger partial charge < -0.3 is 14.8 Å². The normalized spacial score (nSPS) is 11.9. The molecule has 0 spiro atoms. The molecule has 0 aliphatic rings. The van der Waals surface area contributed by atoms with Crippen molar-refractivity contribution in [1.29, 1.82) is 0 Å². The SMILES string of the molecule is CCCNCCCS(=O)(=O)NCCCOCCOC. The van der Waals surface area contributed by atoms with Crippen LogP contribution in [-0.4, -0.2) is 60.7 Å². The van der Waals surface area contributed by atoms with Gasteiger partial charge in [-0.2, -0.15) is 0 Å². The molecular weight excluding hydrogens is 268 g/mol. The summed E-state index contributed by atoms with van der Waals surface area (Å²) in [4.78, 5) is 0. The van der Waals surface area contributed by atoms with E-state index in [1.807, 2.05) is 0 Å². The monoisotopic (exact) mass is 296 g/mol. The number of ether oxygens (including phenoxy) is 2. The second-order valence-electron chi connectivity index (χ2n) is 4.28. The van der Waals surface area contributed by atoms with E-state index in [2.05, 4.69) is 17.0 Å². The fourth-order valence-corrected chi connectivity index (χ4v) is 2.53. The third-order valence-corrected chi connectivity index (χ3v) is 3.88. The Hall–Kier alpha value is -0.210. The van der Waals surface area contributed by atoms with Gasteiger partial charge >= 0.3 is 0 Å². The van der Waals surface area contributed by atoms with Crippen molar-refractivity contribution < 1.29 is 17.9 Å². The lowest BCUT2D eigenvalue weighted by molar-refractivity contribution is 0.0699. The fourth-order valence-electron chi connectivity index (χ4n) is 1.41. The molecule has 116 valence electrons. The van der Waals surface area contributed by atoms with Crippen LogP contribution in [0.15, 0.2) is 0 Å². The number of methoxy groups -OCH3 is 1. The Bertz CT molecular complexity index is 283. The highest BCUT2D eigenvalue weighted by atomic mass is 32.2. The van der Waals surface area contributed by atoms with E-state index in [-0.39, 0.29) is 5.75 Å². The van der Waals surface area contributed by atoms with Crippen molar-refractivity contribution in [1.82, 2.24) is 10.0 Å². The molecule has 0 saturated heterocycles. The highest BCUT2D eigenvalue weighted by Gasteiger charge is 2.08. The van der Waals surface area contributed by atoms with Crippen LogP contribution in [0.25, 0.3) is 0 Å². The van der Waals surface area contributed by atoms with Crippen LogP contribution in [0.4, 0.5) is 0 Å². The van der Waals surface area contributed by atoms with Gasteiger partial charge in [-0.15, -0.1) is 0 Å². The molecule has 0 rings (SSSR count). The first-order valence-corrected chi connectivity index (χ1v) is 8.52. The highest BCUT2D eigenvalue weighted by molar-refractivity contribution is 7.89. The molecule has 0 aromatic heterocycles. The van der Waals surface area contributed by atoms with Gasteiger partial charge in [-0.05, 0) is 32.4 Å². The van der Waals surface area contributed by atoms with Gasteiger partial charge in [-0.25, -0.2) is 13.1 Å². The quantitative estimate of drug-likeness (QED) is 0.452. The van der Waals surface area contributed by atoms with E-state index in [9.17, 15) is 8.42 Å². The zero-order valence-corrected chi connectivity index (χ0v) is 12.9. The van der Waals surface area contributed by atoms with Crippen molar-refractivity contribution in [3.8, 4) is 0 Å². The number of nitrogens with one attached hydrogen (secondary N) is 2. The van der Waals surface area contributed by atoms with E-state index in [0.717, 1.165) is 19.5 Å². The van der Waals surface area contributed by atoms with Crippen LogP contribution in [0.5, 0.6) is 0 Å². The molecule has 0 unspecified atom stereocenters. The Labute approximate surface area is 117 Å². The maximum absolute atomic E-state index is 11.6. The van der Waals surface area contributed by atoms with Crippen LogP contribution in [0.3, 0.4) is 0 Å². The lowest BCUT2D eigenvalue weighted by Gasteiger charge is -2.07. The molecule has 0 radical (unpaired) electrons. The molecule has 0 saturated carbocycles. The lowest BCUT2D eigenvalue weighted by Crippen LogP contribution is -2.29. The highest BCUT2D eigenvalue weighted by Crippen LogP contribution is 1.90. The predicted octanol–water partition coefficient (Wildman–Crippen LogP) is 0.349. The van der Waals surface area contributed by atoms with Crippen molar-refractivity contribution in [2.75, 3.05) is 52.3 Å². The molecule has 0 aromatic rings. The number of hydrogen-bond acceptors (Lipinski definition) is 5. The summed E-state index contributed by atoms with van der Waals surface area (Å²) in [7, 11) is -1.52. The van der Waals surface area contributed by atoms with Gasteiger partial charge in [0.25, 0.3) is 0 Å². The van der Waals surface area contributed by atoms with E-state index in [0.29, 0.717) is 39.2 Å². The smallest absolute Gasteiger partial charge is 0.211 e. The molecule has 6 nitrogen and oxygen atoms in total. The molecule has 0 aliphatic heterocycles. The summed E-state index contributed by atoms with van der Waals surface area (Å²) in [6.07, 6.45) is 2.38. The van der Waals surface area contributed by atoms with Crippen molar-refractivity contribution in [3.05, 3.63) is 0 Å². The van der Waals surface area contributed by atoms with E-state index < -0.39 is 10.0 Å². The first-order chi connectivity index (χ1) is 9.12. The first kappa shape index (κ1) is 18.8. The van der Waals surface area contributed by atoms with Gasteiger partial charge in [0.15, 0.2) is 0 Å². The van der Waals surface area contributed by atoms with Crippen LogP contribution < -0.4 is 10.0 Å². The van der Waals surface area contributed by atoms with E-state index in [1.54, 1.807) is 7.11 Å². The minimum atomic E-state index is -3.14. The van der Waals surface area contributed by atoms with Gasteiger partial charge in [-0.3, -0.25) is 0 Å². The summed E-state index contributed by atoms with van der Waals surface area (Å²) in [5, 5.41) is 3.18. The molecule has 2 N–H and O–H groups in total. The summed E-state index contributed by atoms with van der Waals surface area (Å²) < 4.78 is 35.8. The molecule has 0 bridgehead atoms. The minimum Gasteiger partial charge on any atom is -0.382 e. The molecule has 0 fully saturated rings. The number of hydrogen-bond donors (Lipinski definition) is 2. The van der Waals surface area contributed by atoms with Crippen molar-refractivity contribution in [3.63, 3.8) is 0 Å². The molecule has 7 heteroatoms. The molecule has 19 heavy (non-hydrogen) atoms. The Kier molecular flexibility index (Phi) is 12.7. The van der Waals surface area contributed by atoms with E-state index in [1.165, 1.54) is 0 Å². The largest absolute Gasteiger partial charge is 0.382 e. The van der Waals surface area contributed by atoms with Crippen molar-refractivity contribution in [2.24, 2.45) is 0 Å². The van der Waals surface area contributed by atoms with E-state index >= 15 is 0 Å². The van der Waals surface area contributed by atoms with Gasteiger partial charge in [-0.1, -0.05) is 6.92 Å².